The Kier molecular flexibility index (Phi) is 7.46. The number of nitrogens with zero attached hydrogens (tertiary/aromatic N) is 6. The molecule has 3 aliphatic heterocycles. The number of hydrogen-bond donors (Lipinski definition) is 1. The van der Waals surface area contributed by atoms with Crippen molar-refractivity contribution in [3.05, 3.63) is 87.3 Å². The molecule has 0 saturated carbocycles. The molecule has 2 atom stereocenters. The molecule has 5 aromatic rings. The van der Waals surface area contributed by atoms with E-state index in [1.165, 1.54) is 9.70 Å². The standard InChI is InChI=1S/C34H27Cl2FN6O5/c1-41-39-28-9-19(12-38-32(28)40-41)18-7-25(35)30(26(36)8-18)33(44)42-13-17-3-2-4-22(31(17)48-16-42)23-11-29(24(34(45)46)10-27(23)37)43-20-5-6-21(43)15-47-14-20/h2-4,7-12,20-21H,5-6,13-16H2,1H3,(H,45,46). The van der Waals surface area contributed by atoms with Crippen LogP contribution >= 0.6 is 23.2 Å². The average molecular weight is 690 g/mol. The van der Waals surface area contributed by atoms with Crippen LogP contribution in [0.3, 0.4) is 0 Å². The molecular formula is C34H27Cl2FN6O5. The number of aromatic carboxylic acids is 1. The quantitative estimate of drug-likeness (QED) is 0.230. The molecule has 3 aliphatic rings. The summed E-state index contributed by atoms with van der Waals surface area (Å²) in [6.45, 7) is 0.990. The van der Waals surface area contributed by atoms with Crippen LogP contribution in [-0.4, -0.2) is 73.9 Å². The lowest BCUT2D eigenvalue weighted by molar-refractivity contribution is 0.0516. The molecule has 8 rings (SSSR count). The van der Waals surface area contributed by atoms with Crippen LogP contribution < -0.4 is 9.64 Å². The van der Waals surface area contributed by atoms with E-state index in [0.717, 1.165) is 18.9 Å². The molecule has 2 fully saturated rings. The van der Waals surface area contributed by atoms with Gasteiger partial charge in [-0.2, -0.15) is 9.90 Å². The first-order chi connectivity index (χ1) is 23.2. The smallest absolute Gasteiger partial charge is 0.337 e. The average Bonchev–Trinajstić information content (AvgIpc) is 3.56. The minimum absolute atomic E-state index is 0.0203. The largest absolute Gasteiger partial charge is 0.478 e. The number of halogens is 3. The van der Waals surface area contributed by atoms with Gasteiger partial charge in [-0.3, -0.25) is 4.79 Å². The van der Waals surface area contributed by atoms with Crippen molar-refractivity contribution in [2.75, 3.05) is 24.8 Å². The molecule has 48 heavy (non-hydrogen) atoms. The van der Waals surface area contributed by atoms with Gasteiger partial charge in [0, 0.05) is 35.5 Å². The van der Waals surface area contributed by atoms with Crippen LogP contribution in [0.2, 0.25) is 10.0 Å². The number of anilines is 1. The SMILES string of the molecule is Cn1nc2cc(-c3cc(Cl)c(C(=O)N4COc5c(cccc5-c5cc(N6C7CCC6COC7)c(C(=O)O)cc5F)C4)c(Cl)c3)cnc2n1. The van der Waals surface area contributed by atoms with Gasteiger partial charge in [0.05, 0.1) is 58.7 Å². The van der Waals surface area contributed by atoms with Crippen LogP contribution in [0.15, 0.2) is 54.7 Å². The molecule has 244 valence electrons. The van der Waals surface area contributed by atoms with Crippen molar-refractivity contribution in [2.24, 2.45) is 7.05 Å². The van der Waals surface area contributed by atoms with Gasteiger partial charge >= 0.3 is 5.97 Å². The van der Waals surface area contributed by atoms with Crippen molar-refractivity contribution in [1.82, 2.24) is 24.9 Å². The molecule has 14 heteroatoms. The van der Waals surface area contributed by atoms with Gasteiger partial charge in [-0.15, -0.1) is 5.10 Å². The number of amides is 1. The van der Waals surface area contributed by atoms with E-state index >= 15 is 4.39 Å². The molecule has 11 nitrogen and oxygen atoms in total. The third-order valence-corrected chi connectivity index (χ3v) is 9.76. The van der Waals surface area contributed by atoms with Crippen LogP contribution in [0.4, 0.5) is 10.1 Å². The number of carbonyl (C=O) groups is 2. The maximum atomic E-state index is 15.7. The van der Waals surface area contributed by atoms with Gasteiger partial charge in [0.2, 0.25) is 5.65 Å². The summed E-state index contributed by atoms with van der Waals surface area (Å²) in [5.41, 5.74) is 4.29. The fourth-order valence-electron chi connectivity index (χ4n) is 6.96. The minimum atomic E-state index is -1.20. The summed E-state index contributed by atoms with van der Waals surface area (Å²) in [6, 6.07) is 13.1. The van der Waals surface area contributed by atoms with Crippen LogP contribution in [0.25, 0.3) is 33.4 Å². The number of para-hydroxylation sites is 1. The van der Waals surface area contributed by atoms with Crippen molar-refractivity contribution in [3.8, 4) is 28.0 Å². The van der Waals surface area contributed by atoms with Crippen molar-refractivity contribution in [1.29, 1.82) is 0 Å². The molecule has 1 amide bonds. The predicted octanol–water partition coefficient (Wildman–Crippen LogP) is 6.20. The van der Waals surface area contributed by atoms with E-state index in [1.807, 2.05) is 6.07 Å². The summed E-state index contributed by atoms with van der Waals surface area (Å²) >= 11 is 13.3. The number of benzene rings is 3. The summed E-state index contributed by atoms with van der Waals surface area (Å²) in [6.07, 6.45) is 3.38. The number of aryl methyl sites for hydroxylation is 1. The number of hydrogen-bond acceptors (Lipinski definition) is 8. The lowest BCUT2D eigenvalue weighted by atomic mass is 9.96. The second kappa shape index (κ2) is 11.7. The molecule has 2 unspecified atom stereocenters. The third-order valence-electron chi connectivity index (χ3n) is 9.16. The lowest BCUT2D eigenvalue weighted by Gasteiger charge is -2.37. The van der Waals surface area contributed by atoms with Gasteiger partial charge in [0.25, 0.3) is 5.91 Å². The highest BCUT2D eigenvalue weighted by Gasteiger charge is 2.40. The molecule has 3 aromatic carbocycles. The summed E-state index contributed by atoms with van der Waals surface area (Å²) in [7, 11) is 1.71. The van der Waals surface area contributed by atoms with E-state index in [1.54, 1.807) is 49.6 Å². The number of carboxylic acids is 1. The Morgan fingerprint density at radius 2 is 1.73 bits per heavy atom. The van der Waals surface area contributed by atoms with Crippen molar-refractivity contribution < 1.29 is 28.6 Å². The van der Waals surface area contributed by atoms with Crippen LogP contribution in [0, 0.1) is 5.82 Å². The molecule has 2 saturated heterocycles. The molecule has 0 aliphatic carbocycles. The number of carbonyl (C=O) groups excluding carboxylic acids is 1. The fourth-order valence-corrected chi connectivity index (χ4v) is 7.61. The first-order valence-corrected chi connectivity index (χ1v) is 16.1. The minimum Gasteiger partial charge on any atom is -0.478 e. The first kappa shape index (κ1) is 30.5. The molecule has 0 radical (unpaired) electrons. The number of fused-ring (bicyclic) bond motifs is 4. The molecule has 5 heterocycles. The summed E-state index contributed by atoms with van der Waals surface area (Å²) in [4.78, 5) is 35.3. The monoisotopic (exact) mass is 688 g/mol. The molecule has 2 aromatic heterocycles. The van der Waals surface area contributed by atoms with Crippen LogP contribution in [-0.2, 0) is 18.3 Å². The second-order valence-corrected chi connectivity index (χ2v) is 12.9. The highest BCUT2D eigenvalue weighted by atomic mass is 35.5. The lowest BCUT2D eigenvalue weighted by Crippen LogP contribution is -2.46. The van der Waals surface area contributed by atoms with E-state index in [-0.39, 0.29) is 52.1 Å². The second-order valence-electron chi connectivity index (χ2n) is 12.1. The van der Waals surface area contributed by atoms with E-state index in [9.17, 15) is 14.7 Å². The van der Waals surface area contributed by atoms with E-state index < -0.39 is 17.7 Å². The van der Waals surface area contributed by atoms with Crippen molar-refractivity contribution in [2.45, 2.75) is 31.5 Å². The normalized spacial score (nSPS) is 18.6. The summed E-state index contributed by atoms with van der Waals surface area (Å²) in [5.74, 6) is -1.90. The fraction of sp³-hybridized carbons (Fsp3) is 0.265. The van der Waals surface area contributed by atoms with Gasteiger partial charge in [0.15, 0.2) is 6.73 Å². The van der Waals surface area contributed by atoms with Crippen molar-refractivity contribution >= 4 is 51.9 Å². The van der Waals surface area contributed by atoms with Crippen LogP contribution in [0.1, 0.15) is 39.1 Å². The maximum Gasteiger partial charge on any atom is 0.337 e. The number of morpholine rings is 1. The topological polar surface area (TPSA) is 123 Å². The zero-order chi connectivity index (χ0) is 33.3. The van der Waals surface area contributed by atoms with Crippen molar-refractivity contribution in [3.63, 3.8) is 0 Å². The molecule has 1 N–H and O–H groups in total. The zero-order valence-electron chi connectivity index (χ0n) is 25.5. The van der Waals surface area contributed by atoms with Gasteiger partial charge in [-0.05, 0) is 48.7 Å². The van der Waals surface area contributed by atoms with Gasteiger partial charge in [-0.25, -0.2) is 14.2 Å². The summed E-state index contributed by atoms with van der Waals surface area (Å²) in [5, 5.41) is 18.8. The number of pyridine rings is 1. The maximum absolute atomic E-state index is 15.7. The predicted molar refractivity (Wildman–Crippen MR) is 176 cm³/mol. The number of aromatic nitrogens is 4. The molecule has 0 spiro atoms. The molecule has 2 bridgehead atoms. The highest BCUT2D eigenvalue weighted by Crippen LogP contribution is 2.43. The number of carboxylic acid groups (broad SMARTS) is 1. The number of ether oxygens (including phenoxy) is 2. The Morgan fingerprint density at radius 1 is 0.979 bits per heavy atom. The Labute approximate surface area is 283 Å². The summed E-state index contributed by atoms with van der Waals surface area (Å²) < 4.78 is 27.5. The Bertz CT molecular complexity index is 2120. The van der Waals surface area contributed by atoms with E-state index in [2.05, 4.69) is 20.1 Å². The Balaban J connectivity index is 1.09. The van der Waals surface area contributed by atoms with Gasteiger partial charge in [0.1, 0.15) is 17.1 Å². The van der Waals surface area contributed by atoms with E-state index in [4.69, 9.17) is 32.7 Å². The zero-order valence-corrected chi connectivity index (χ0v) is 27.0. The highest BCUT2D eigenvalue weighted by molar-refractivity contribution is 6.40. The van der Waals surface area contributed by atoms with Gasteiger partial charge in [-0.1, -0.05) is 41.4 Å². The Hall–Kier alpha value is -4.78. The van der Waals surface area contributed by atoms with Crippen LogP contribution in [0.5, 0.6) is 5.75 Å². The molecular weight excluding hydrogens is 662 g/mol. The van der Waals surface area contributed by atoms with E-state index in [0.29, 0.717) is 58.1 Å². The van der Waals surface area contributed by atoms with Gasteiger partial charge < -0.3 is 24.4 Å². The Morgan fingerprint density at radius 3 is 2.46 bits per heavy atom. The third kappa shape index (κ3) is 5.11. The number of rotatable bonds is 5. The first-order valence-electron chi connectivity index (χ1n) is 15.3.